The highest BCUT2D eigenvalue weighted by Crippen LogP contribution is 2.46. The van der Waals surface area contributed by atoms with Crippen molar-refractivity contribution < 1.29 is 9.90 Å². The summed E-state index contributed by atoms with van der Waals surface area (Å²) in [6.45, 7) is 2.05. The molecule has 3 heteroatoms. The molecular weight excluding hydrogens is 238 g/mol. The zero-order chi connectivity index (χ0) is 13.9. The molecule has 0 spiro atoms. The molecule has 0 bridgehead atoms. The van der Waals surface area contributed by atoms with E-state index in [0.717, 1.165) is 37.7 Å². The van der Waals surface area contributed by atoms with Gasteiger partial charge in [0.05, 0.1) is 6.42 Å². The third-order valence-electron chi connectivity index (χ3n) is 4.35. The Morgan fingerprint density at radius 1 is 1.32 bits per heavy atom. The van der Waals surface area contributed by atoms with Crippen molar-refractivity contribution in [1.29, 1.82) is 0 Å². The Morgan fingerprint density at radius 3 is 2.42 bits per heavy atom. The lowest BCUT2D eigenvalue weighted by Crippen LogP contribution is -2.27. The van der Waals surface area contributed by atoms with Gasteiger partial charge in [0.15, 0.2) is 0 Å². The number of aliphatic carboxylic acids is 1. The summed E-state index contributed by atoms with van der Waals surface area (Å²) in [5.41, 5.74) is 8.54. The summed E-state index contributed by atoms with van der Waals surface area (Å²) >= 11 is 0. The lowest BCUT2D eigenvalue weighted by molar-refractivity contribution is -0.139. The van der Waals surface area contributed by atoms with Crippen LogP contribution >= 0.6 is 0 Å². The van der Waals surface area contributed by atoms with E-state index in [1.807, 2.05) is 0 Å². The molecule has 1 unspecified atom stereocenters. The minimum absolute atomic E-state index is 0.0574. The van der Waals surface area contributed by atoms with Gasteiger partial charge in [-0.3, -0.25) is 4.79 Å². The molecule has 1 atom stereocenters. The largest absolute Gasteiger partial charge is 0.481 e. The number of hydrogen-bond acceptors (Lipinski definition) is 2. The van der Waals surface area contributed by atoms with Gasteiger partial charge in [-0.1, -0.05) is 42.7 Å². The standard InChI is InChI=1S/C16H23NO2/c1-12-4-6-13(7-5-12)14(17)10-16(11-15(18)19)8-2-3-9-16/h4-7,14H,2-3,8-11,17H2,1H3,(H,18,19). The topological polar surface area (TPSA) is 63.3 Å². The van der Waals surface area contributed by atoms with E-state index in [4.69, 9.17) is 10.8 Å². The molecule has 0 radical (unpaired) electrons. The van der Waals surface area contributed by atoms with Crippen LogP contribution in [0.3, 0.4) is 0 Å². The van der Waals surface area contributed by atoms with Gasteiger partial charge in [-0.25, -0.2) is 0 Å². The first kappa shape index (κ1) is 14.1. The number of benzene rings is 1. The average molecular weight is 261 g/mol. The first-order chi connectivity index (χ1) is 9.01. The van der Waals surface area contributed by atoms with E-state index in [-0.39, 0.29) is 17.9 Å². The minimum Gasteiger partial charge on any atom is -0.481 e. The van der Waals surface area contributed by atoms with Crippen LogP contribution in [-0.2, 0) is 4.79 Å². The molecule has 0 aliphatic heterocycles. The van der Waals surface area contributed by atoms with Crippen molar-refractivity contribution in [3.63, 3.8) is 0 Å². The molecular formula is C16H23NO2. The van der Waals surface area contributed by atoms with Crippen LogP contribution in [-0.4, -0.2) is 11.1 Å². The summed E-state index contributed by atoms with van der Waals surface area (Å²) in [7, 11) is 0. The van der Waals surface area contributed by atoms with Crippen molar-refractivity contribution in [3.8, 4) is 0 Å². The Bertz CT molecular complexity index is 433. The van der Waals surface area contributed by atoms with Gasteiger partial charge in [-0.15, -0.1) is 0 Å². The third kappa shape index (κ3) is 3.57. The van der Waals surface area contributed by atoms with Crippen molar-refractivity contribution in [2.75, 3.05) is 0 Å². The van der Waals surface area contributed by atoms with Gasteiger partial charge in [0.2, 0.25) is 0 Å². The van der Waals surface area contributed by atoms with Crippen LogP contribution in [0.25, 0.3) is 0 Å². The van der Waals surface area contributed by atoms with Crippen LogP contribution < -0.4 is 5.73 Å². The molecule has 3 N–H and O–H groups in total. The Labute approximate surface area is 114 Å². The molecule has 0 heterocycles. The quantitative estimate of drug-likeness (QED) is 0.853. The predicted molar refractivity (Wildman–Crippen MR) is 75.9 cm³/mol. The van der Waals surface area contributed by atoms with Crippen molar-refractivity contribution in [3.05, 3.63) is 35.4 Å². The smallest absolute Gasteiger partial charge is 0.303 e. The molecule has 104 valence electrons. The number of carbonyl (C=O) groups is 1. The van der Waals surface area contributed by atoms with E-state index < -0.39 is 5.97 Å². The fraction of sp³-hybridized carbons (Fsp3) is 0.562. The van der Waals surface area contributed by atoms with Crippen LogP contribution in [0.15, 0.2) is 24.3 Å². The number of carboxylic acid groups (broad SMARTS) is 1. The van der Waals surface area contributed by atoms with Crippen LogP contribution in [0.5, 0.6) is 0 Å². The summed E-state index contributed by atoms with van der Waals surface area (Å²) in [5.74, 6) is -0.696. The van der Waals surface area contributed by atoms with Gasteiger partial charge in [-0.05, 0) is 37.2 Å². The number of hydrogen-bond donors (Lipinski definition) is 2. The van der Waals surface area contributed by atoms with Gasteiger partial charge < -0.3 is 10.8 Å². The summed E-state index contributed by atoms with van der Waals surface area (Å²) in [4.78, 5) is 11.1. The van der Waals surface area contributed by atoms with E-state index in [1.54, 1.807) is 0 Å². The first-order valence-electron chi connectivity index (χ1n) is 7.05. The molecule has 2 rings (SSSR count). The highest BCUT2D eigenvalue weighted by molar-refractivity contribution is 5.67. The van der Waals surface area contributed by atoms with Gasteiger partial charge in [0, 0.05) is 6.04 Å². The number of nitrogens with two attached hydrogens (primary N) is 1. The zero-order valence-electron chi connectivity index (χ0n) is 11.6. The van der Waals surface area contributed by atoms with Crippen LogP contribution in [0, 0.1) is 12.3 Å². The summed E-state index contributed by atoms with van der Waals surface area (Å²) in [6.07, 6.45) is 5.30. The Morgan fingerprint density at radius 2 is 1.89 bits per heavy atom. The maximum atomic E-state index is 11.1. The lowest BCUT2D eigenvalue weighted by Gasteiger charge is -2.30. The van der Waals surface area contributed by atoms with Crippen molar-refractivity contribution >= 4 is 5.97 Å². The number of carboxylic acids is 1. The van der Waals surface area contributed by atoms with E-state index in [0.29, 0.717) is 0 Å². The molecule has 1 aromatic rings. The van der Waals surface area contributed by atoms with Crippen LogP contribution in [0.2, 0.25) is 0 Å². The second-order valence-electron chi connectivity index (χ2n) is 6.00. The van der Waals surface area contributed by atoms with Crippen molar-refractivity contribution in [1.82, 2.24) is 0 Å². The second-order valence-corrected chi connectivity index (χ2v) is 6.00. The lowest BCUT2D eigenvalue weighted by atomic mass is 9.76. The third-order valence-corrected chi connectivity index (χ3v) is 4.35. The SMILES string of the molecule is Cc1ccc(C(N)CC2(CC(=O)O)CCCC2)cc1. The summed E-state index contributed by atoms with van der Waals surface area (Å²) in [6, 6.07) is 8.19. The molecule has 1 saturated carbocycles. The van der Waals surface area contributed by atoms with Gasteiger partial charge in [0.1, 0.15) is 0 Å². The molecule has 1 aliphatic rings. The van der Waals surface area contributed by atoms with Gasteiger partial charge in [-0.2, -0.15) is 0 Å². The maximum absolute atomic E-state index is 11.1. The Balaban J connectivity index is 2.08. The van der Waals surface area contributed by atoms with E-state index >= 15 is 0 Å². The van der Waals surface area contributed by atoms with Gasteiger partial charge >= 0.3 is 5.97 Å². The zero-order valence-corrected chi connectivity index (χ0v) is 11.6. The van der Waals surface area contributed by atoms with Gasteiger partial charge in [0.25, 0.3) is 0 Å². The molecule has 0 aromatic heterocycles. The number of aryl methyl sites for hydroxylation is 1. The highest BCUT2D eigenvalue weighted by atomic mass is 16.4. The summed E-state index contributed by atoms with van der Waals surface area (Å²) in [5, 5.41) is 9.12. The Hall–Kier alpha value is -1.35. The minimum atomic E-state index is -0.696. The molecule has 1 fully saturated rings. The molecule has 1 aromatic carbocycles. The molecule has 0 amide bonds. The highest BCUT2D eigenvalue weighted by Gasteiger charge is 2.37. The van der Waals surface area contributed by atoms with E-state index in [1.165, 1.54) is 5.56 Å². The summed E-state index contributed by atoms with van der Waals surface area (Å²) < 4.78 is 0. The molecule has 1 aliphatic carbocycles. The average Bonchev–Trinajstić information content (AvgIpc) is 2.77. The number of rotatable bonds is 5. The molecule has 3 nitrogen and oxygen atoms in total. The fourth-order valence-corrected chi connectivity index (χ4v) is 3.30. The normalized spacial score (nSPS) is 19.3. The monoisotopic (exact) mass is 261 g/mol. The Kier molecular flexibility index (Phi) is 4.25. The molecule has 0 saturated heterocycles. The molecule has 19 heavy (non-hydrogen) atoms. The van der Waals surface area contributed by atoms with E-state index in [2.05, 4.69) is 31.2 Å². The first-order valence-corrected chi connectivity index (χ1v) is 7.05. The van der Waals surface area contributed by atoms with Crippen LogP contribution in [0.1, 0.15) is 55.7 Å². The van der Waals surface area contributed by atoms with Crippen molar-refractivity contribution in [2.24, 2.45) is 11.1 Å². The van der Waals surface area contributed by atoms with Crippen molar-refractivity contribution in [2.45, 2.75) is 51.5 Å². The maximum Gasteiger partial charge on any atom is 0.303 e. The second kappa shape index (κ2) is 5.74. The van der Waals surface area contributed by atoms with E-state index in [9.17, 15) is 4.79 Å². The fourth-order valence-electron chi connectivity index (χ4n) is 3.30. The predicted octanol–water partition coefficient (Wildman–Crippen LogP) is 3.42. The van der Waals surface area contributed by atoms with Crippen LogP contribution in [0.4, 0.5) is 0 Å².